The molecule has 10 heteroatoms. The predicted octanol–water partition coefficient (Wildman–Crippen LogP) is 5.45. The van der Waals surface area contributed by atoms with Crippen LogP contribution >= 0.6 is 0 Å². The number of rotatable bonds is 7. The van der Waals surface area contributed by atoms with E-state index in [-0.39, 0.29) is 18.5 Å². The summed E-state index contributed by atoms with van der Waals surface area (Å²) in [5.74, 6) is 0.463. The third-order valence-corrected chi connectivity index (χ3v) is 6.86. The number of amides is 2. The van der Waals surface area contributed by atoms with Crippen molar-refractivity contribution >= 4 is 28.7 Å². The normalized spacial score (nSPS) is 14.9. The van der Waals surface area contributed by atoms with E-state index >= 15 is 0 Å². The second-order valence-corrected chi connectivity index (χ2v) is 9.01. The second-order valence-electron chi connectivity index (χ2n) is 9.01. The zero-order chi connectivity index (χ0) is 26.6. The van der Waals surface area contributed by atoms with Crippen molar-refractivity contribution in [1.82, 2.24) is 14.9 Å². The molecule has 0 radical (unpaired) electrons. The van der Waals surface area contributed by atoms with Gasteiger partial charge in [-0.15, -0.1) is 0 Å². The standard InChI is InChI=1S/C28H27N5O5/c1-37-25-8-4-3-7-20(25)23-16-30-26-21(23)13-18(14-29-26)17-9-10-24(32-28(35)38-2)22(12-17)27(34)33-11-5-6-19(33)15-31-36/h3-4,7-10,12-14,16,19H,5-6,11,15H2,1-2H3,(H,29,30)(H,32,35). The smallest absolute Gasteiger partial charge is 0.411 e. The fourth-order valence-corrected chi connectivity index (χ4v) is 4.96. The molecule has 10 nitrogen and oxygen atoms in total. The number of nitrogens with one attached hydrogen (secondary N) is 2. The van der Waals surface area contributed by atoms with Crippen LogP contribution in [-0.4, -0.2) is 60.2 Å². The Balaban J connectivity index is 1.58. The molecule has 0 spiro atoms. The van der Waals surface area contributed by atoms with Crippen LogP contribution in [0.15, 0.2) is 66.1 Å². The first kappa shape index (κ1) is 24.9. The number of nitroso groups, excluding NO2 is 1. The molecule has 2 aromatic heterocycles. The lowest BCUT2D eigenvalue weighted by Gasteiger charge is -2.24. The summed E-state index contributed by atoms with van der Waals surface area (Å²) in [5, 5.41) is 6.54. The molecule has 1 fully saturated rings. The van der Waals surface area contributed by atoms with Gasteiger partial charge in [-0.05, 0) is 42.7 Å². The van der Waals surface area contributed by atoms with Crippen LogP contribution in [0.25, 0.3) is 33.3 Å². The van der Waals surface area contributed by atoms with Crippen LogP contribution in [0.5, 0.6) is 5.75 Å². The van der Waals surface area contributed by atoms with Gasteiger partial charge < -0.3 is 19.4 Å². The summed E-state index contributed by atoms with van der Waals surface area (Å²) in [4.78, 5) is 46.0. The first-order valence-corrected chi connectivity index (χ1v) is 12.2. The molecule has 1 atom stereocenters. The van der Waals surface area contributed by atoms with Crippen LogP contribution in [-0.2, 0) is 4.74 Å². The monoisotopic (exact) mass is 513 g/mol. The summed E-state index contributed by atoms with van der Waals surface area (Å²) in [5.41, 5.74) is 4.74. The van der Waals surface area contributed by atoms with E-state index in [0.29, 0.717) is 24.2 Å². The molecule has 4 aromatic rings. The number of aromatic amines is 1. The van der Waals surface area contributed by atoms with Gasteiger partial charge in [0, 0.05) is 41.0 Å². The van der Waals surface area contributed by atoms with Crippen LogP contribution in [0.3, 0.4) is 0 Å². The van der Waals surface area contributed by atoms with Crippen LogP contribution in [0.1, 0.15) is 23.2 Å². The summed E-state index contributed by atoms with van der Waals surface area (Å²) in [6.07, 6.45) is 4.43. The van der Waals surface area contributed by atoms with Crippen molar-refractivity contribution in [3.8, 4) is 28.0 Å². The molecule has 2 amide bonds. The lowest BCUT2D eigenvalue weighted by atomic mass is 9.99. The Labute approximate surface area is 218 Å². The van der Waals surface area contributed by atoms with Gasteiger partial charge in [0.15, 0.2) is 0 Å². The second kappa shape index (κ2) is 10.7. The fourth-order valence-electron chi connectivity index (χ4n) is 4.96. The predicted molar refractivity (Wildman–Crippen MR) is 144 cm³/mol. The zero-order valence-electron chi connectivity index (χ0n) is 21.1. The van der Waals surface area contributed by atoms with Crippen LogP contribution < -0.4 is 10.1 Å². The number of anilines is 1. The van der Waals surface area contributed by atoms with E-state index in [1.807, 2.05) is 42.6 Å². The maximum atomic E-state index is 13.6. The third kappa shape index (κ3) is 4.68. The molecule has 38 heavy (non-hydrogen) atoms. The quantitative estimate of drug-likeness (QED) is 0.316. The highest BCUT2D eigenvalue weighted by Crippen LogP contribution is 2.36. The number of ether oxygens (including phenoxy) is 2. The van der Waals surface area contributed by atoms with E-state index in [9.17, 15) is 14.5 Å². The average molecular weight is 514 g/mol. The van der Waals surface area contributed by atoms with E-state index in [2.05, 4.69) is 20.5 Å². The van der Waals surface area contributed by atoms with E-state index in [0.717, 1.165) is 45.5 Å². The fraction of sp³-hybridized carbons (Fsp3) is 0.250. The number of H-pyrrole nitrogens is 1. The van der Waals surface area contributed by atoms with Gasteiger partial charge in [0.1, 0.15) is 17.9 Å². The highest BCUT2D eigenvalue weighted by atomic mass is 16.5. The number of nitrogens with zero attached hydrogens (tertiary/aromatic N) is 3. The Bertz CT molecular complexity index is 1510. The van der Waals surface area contributed by atoms with E-state index in [4.69, 9.17) is 9.47 Å². The van der Waals surface area contributed by atoms with Crippen LogP contribution in [0.2, 0.25) is 0 Å². The van der Waals surface area contributed by atoms with Gasteiger partial charge in [-0.2, -0.15) is 4.91 Å². The Hall–Kier alpha value is -4.73. The minimum atomic E-state index is -0.684. The van der Waals surface area contributed by atoms with Gasteiger partial charge in [0.05, 0.1) is 31.5 Å². The molecular weight excluding hydrogens is 486 g/mol. The Morgan fingerprint density at radius 1 is 1.13 bits per heavy atom. The number of para-hydroxylation sites is 1. The topological polar surface area (TPSA) is 126 Å². The minimum absolute atomic E-state index is 0.0327. The van der Waals surface area contributed by atoms with Gasteiger partial charge in [0.25, 0.3) is 5.91 Å². The third-order valence-electron chi connectivity index (χ3n) is 6.86. The molecule has 194 valence electrons. The molecule has 0 aliphatic carbocycles. The first-order chi connectivity index (χ1) is 18.5. The summed E-state index contributed by atoms with van der Waals surface area (Å²) in [7, 11) is 2.89. The SMILES string of the molecule is COC(=O)Nc1ccc(-c2cnc3[nH]cc(-c4ccccc4OC)c3c2)cc1C(=O)N1CCCC1CN=O. The highest BCUT2D eigenvalue weighted by molar-refractivity contribution is 6.04. The molecule has 1 aliphatic rings. The van der Waals surface area contributed by atoms with Crippen molar-refractivity contribution < 1.29 is 19.1 Å². The number of fused-ring (bicyclic) bond motifs is 1. The van der Waals surface area contributed by atoms with Crippen molar-refractivity contribution in [3.05, 3.63) is 71.4 Å². The molecular formula is C28H27N5O5. The summed E-state index contributed by atoms with van der Waals surface area (Å²) < 4.78 is 10.3. The number of hydrogen-bond acceptors (Lipinski definition) is 7. The Kier molecular flexibility index (Phi) is 7.03. The van der Waals surface area contributed by atoms with Crippen LogP contribution in [0, 0.1) is 4.91 Å². The first-order valence-electron chi connectivity index (χ1n) is 12.2. The van der Waals surface area contributed by atoms with Gasteiger partial charge in [0.2, 0.25) is 0 Å². The maximum absolute atomic E-state index is 13.6. The molecule has 0 saturated carbocycles. The maximum Gasteiger partial charge on any atom is 0.411 e. The van der Waals surface area contributed by atoms with E-state index in [1.54, 1.807) is 30.3 Å². The number of carbonyl (C=O) groups excluding carboxylic acids is 2. The molecule has 2 aromatic carbocycles. The molecule has 1 unspecified atom stereocenters. The number of benzene rings is 2. The van der Waals surface area contributed by atoms with Crippen molar-refractivity contribution in [1.29, 1.82) is 0 Å². The zero-order valence-corrected chi connectivity index (χ0v) is 21.1. The van der Waals surface area contributed by atoms with Crippen molar-refractivity contribution in [2.75, 3.05) is 32.6 Å². The van der Waals surface area contributed by atoms with Gasteiger partial charge in [-0.25, -0.2) is 9.78 Å². The van der Waals surface area contributed by atoms with Gasteiger partial charge in [-0.1, -0.05) is 29.4 Å². The Morgan fingerprint density at radius 3 is 2.76 bits per heavy atom. The average Bonchev–Trinajstić information content (AvgIpc) is 3.59. The molecule has 5 rings (SSSR count). The van der Waals surface area contributed by atoms with Crippen molar-refractivity contribution in [3.63, 3.8) is 0 Å². The molecule has 2 N–H and O–H groups in total. The summed E-state index contributed by atoms with van der Waals surface area (Å²) in [6, 6.07) is 14.7. The van der Waals surface area contributed by atoms with Crippen LogP contribution in [0.4, 0.5) is 10.5 Å². The summed E-state index contributed by atoms with van der Waals surface area (Å²) >= 11 is 0. The van der Waals surface area contributed by atoms with Gasteiger partial charge >= 0.3 is 6.09 Å². The largest absolute Gasteiger partial charge is 0.496 e. The number of likely N-dealkylation sites (tertiary alicyclic amines) is 1. The molecule has 0 bridgehead atoms. The molecule has 3 heterocycles. The number of carbonyl (C=O) groups is 2. The summed E-state index contributed by atoms with van der Waals surface area (Å²) in [6.45, 7) is 0.547. The van der Waals surface area contributed by atoms with E-state index < -0.39 is 6.09 Å². The lowest BCUT2D eigenvalue weighted by molar-refractivity contribution is 0.0742. The molecule has 1 saturated heterocycles. The minimum Gasteiger partial charge on any atom is -0.496 e. The number of aromatic nitrogens is 2. The molecule has 1 aliphatic heterocycles. The van der Waals surface area contributed by atoms with Gasteiger partial charge in [-0.3, -0.25) is 10.1 Å². The lowest BCUT2D eigenvalue weighted by Crippen LogP contribution is -2.37. The van der Waals surface area contributed by atoms with Crippen molar-refractivity contribution in [2.24, 2.45) is 5.18 Å². The highest BCUT2D eigenvalue weighted by Gasteiger charge is 2.31. The Morgan fingerprint density at radius 2 is 1.97 bits per heavy atom. The van der Waals surface area contributed by atoms with E-state index in [1.165, 1.54) is 7.11 Å². The number of methoxy groups -OCH3 is 2. The van der Waals surface area contributed by atoms with Crippen molar-refractivity contribution in [2.45, 2.75) is 18.9 Å². The number of hydrogen-bond donors (Lipinski definition) is 2. The number of pyridine rings is 1.